The predicted molar refractivity (Wildman–Crippen MR) is 155 cm³/mol. The van der Waals surface area contributed by atoms with Gasteiger partial charge in [0.2, 0.25) is 0 Å². The summed E-state index contributed by atoms with van der Waals surface area (Å²) >= 11 is 2.45. The predicted octanol–water partition coefficient (Wildman–Crippen LogP) is 9.19. The van der Waals surface area contributed by atoms with E-state index in [0.717, 1.165) is 5.56 Å². The average molecular weight is 601 g/mol. The molecule has 0 aromatic heterocycles. The maximum atomic E-state index is 11.7. The fourth-order valence-electron chi connectivity index (χ4n) is 4.10. The maximum Gasteiger partial charge on any atom is 0.295 e. The van der Waals surface area contributed by atoms with Gasteiger partial charge < -0.3 is 0 Å². The Morgan fingerprint density at radius 1 is 0.765 bits per heavy atom. The Kier molecular flexibility index (Phi) is 10.5. The first-order chi connectivity index (χ1) is 15.2. The molecule has 0 fully saturated rings. The molecule has 0 saturated carbocycles. The third kappa shape index (κ3) is 8.06. The van der Waals surface area contributed by atoms with Gasteiger partial charge in [-0.2, -0.15) is 8.42 Å². The van der Waals surface area contributed by atoms with E-state index in [1.54, 1.807) is 0 Å². The molecular weight excluding hydrogens is 555 g/mol. The lowest BCUT2D eigenvalue weighted by molar-refractivity contribution is 0.479. The van der Waals surface area contributed by atoms with Gasteiger partial charge in [0.05, 0.1) is 0 Å². The Labute approximate surface area is 223 Å². The van der Waals surface area contributed by atoms with Crippen molar-refractivity contribution >= 4 is 32.7 Å². The highest BCUT2D eigenvalue weighted by Gasteiger charge is 2.27. The highest BCUT2D eigenvalue weighted by atomic mass is 127. The van der Waals surface area contributed by atoms with E-state index in [1.165, 1.54) is 14.7 Å². The summed E-state index contributed by atoms with van der Waals surface area (Å²) < 4.78 is 34.4. The first-order valence-corrected chi connectivity index (χ1v) is 14.7. The zero-order chi connectivity index (χ0) is 26.8. The fraction of sp³-hybridized carbons (Fsp3) is 0.586. The number of benzene rings is 2. The van der Waals surface area contributed by atoms with Crippen LogP contribution in [0.5, 0.6) is 0 Å². The van der Waals surface area contributed by atoms with E-state index in [0.29, 0.717) is 17.0 Å². The summed E-state index contributed by atoms with van der Waals surface area (Å²) in [7, 11) is -4.20. The Balaban J connectivity index is 0.000000350. The quantitative estimate of drug-likeness (QED) is 0.281. The van der Waals surface area contributed by atoms with E-state index in [9.17, 15) is 13.0 Å². The van der Waals surface area contributed by atoms with Gasteiger partial charge in [-0.1, -0.05) is 107 Å². The van der Waals surface area contributed by atoms with Crippen molar-refractivity contribution in [1.82, 2.24) is 0 Å². The number of hydrogen-bond acceptors (Lipinski definition) is 2. The molecule has 0 bridgehead atoms. The molecule has 2 aromatic rings. The molecule has 1 N–H and O–H groups in total. The molecule has 0 radical (unpaired) electrons. The lowest BCUT2D eigenvalue weighted by Crippen LogP contribution is -2.23. The van der Waals surface area contributed by atoms with Crippen LogP contribution in [-0.4, -0.2) is 13.0 Å². The summed E-state index contributed by atoms with van der Waals surface area (Å²) in [5, 5.41) is 0. The highest BCUT2D eigenvalue weighted by Crippen LogP contribution is 2.37. The monoisotopic (exact) mass is 600 g/mol. The minimum atomic E-state index is -4.20. The van der Waals surface area contributed by atoms with Crippen molar-refractivity contribution in [3.8, 4) is 0 Å². The molecule has 0 amide bonds. The van der Waals surface area contributed by atoms with Crippen LogP contribution in [0.1, 0.15) is 129 Å². The van der Waals surface area contributed by atoms with Gasteiger partial charge in [0, 0.05) is 3.57 Å². The number of rotatable bonds is 4. The van der Waals surface area contributed by atoms with Crippen LogP contribution in [0.4, 0.5) is 0 Å². The Morgan fingerprint density at radius 2 is 1.21 bits per heavy atom. The molecule has 0 saturated heterocycles. The van der Waals surface area contributed by atoms with E-state index < -0.39 is 10.1 Å². The molecule has 2 aromatic carbocycles. The smallest absolute Gasteiger partial charge is 0.282 e. The standard InChI is InChI=1S/C15H24O3S.C14H21I/c1-9(2)12-7-13(10(3)4)15(19(16,17)18)14(8-12)11(5)6;1-13(2,3)10-8-7-9-11(15)12(10)14(4,5)6/h7-11H,1-6H3,(H,16,17,18);7-9H,1-6H3. The molecule has 0 atom stereocenters. The van der Waals surface area contributed by atoms with Crippen LogP contribution in [0.3, 0.4) is 0 Å². The largest absolute Gasteiger partial charge is 0.295 e. The molecule has 0 spiro atoms. The van der Waals surface area contributed by atoms with Crippen molar-refractivity contribution in [2.24, 2.45) is 0 Å². The lowest BCUT2D eigenvalue weighted by Gasteiger charge is -2.31. The maximum absolute atomic E-state index is 11.7. The highest BCUT2D eigenvalue weighted by molar-refractivity contribution is 14.1. The second-order valence-corrected chi connectivity index (χ2v) is 14.7. The van der Waals surface area contributed by atoms with Crippen LogP contribution >= 0.6 is 22.6 Å². The summed E-state index contributed by atoms with van der Waals surface area (Å²) in [6.45, 7) is 25.7. The van der Waals surface area contributed by atoms with E-state index in [-0.39, 0.29) is 27.6 Å². The summed E-state index contributed by atoms with van der Waals surface area (Å²) in [5.74, 6) is 0.423. The van der Waals surface area contributed by atoms with Crippen LogP contribution < -0.4 is 0 Å². The normalized spacial score (nSPS) is 12.9. The van der Waals surface area contributed by atoms with Gasteiger partial charge in [-0.05, 0) is 85.1 Å². The summed E-state index contributed by atoms with van der Waals surface area (Å²) in [6.07, 6.45) is 0. The Hall–Kier alpha value is -0.920. The number of halogens is 1. The molecule has 0 aliphatic rings. The fourth-order valence-corrected chi connectivity index (χ4v) is 6.59. The third-order valence-corrected chi connectivity index (χ3v) is 7.80. The molecular formula is C29H45IO3S. The van der Waals surface area contributed by atoms with Gasteiger partial charge in [0.1, 0.15) is 4.90 Å². The van der Waals surface area contributed by atoms with Crippen molar-refractivity contribution in [3.05, 3.63) is 61.7 Å². The molecule has 0 aliphatic heterocycles. The van der Waals surface area contributed by atoms with Gasteiger partial charge in [-0.3, -0.25) is 4.55 Å². The minimum absolute atomic E-state index is 0.0492. The molecule has 5 heteroatoms. The van der Waals surface area contributed by atoms with Crippen LogP contribution in [0.15, 0.2) is 35.2 Å². The van der Waals surface area contributed by atoms with Crippen LogP contribution in [-0.2, 0) is 20.9 Å². The Morgan fingerprint density at radius 3 is 1.47 bits per heavy atom. The lowest BCUT2D eigenvalue weighted by atomic mass is 9.75. The first kappa shape index (κ1) is 31.1. The zero-order valence-corrected chi connectivity index (χ0v) is 26.1. The molecule has 0 aliphatic carbocycles. The molecule has 3 nitrogen and oxygen atoms in total. The van der Waals surface area contributed by atoms with Crippen molar-refractivity contribution < 1.29 is 13.0 Å². The van der Waals surface area contributed by atoms with Crippen LogP contribution in [0.25, 0.3) is 0 Å². The number of hydrogen-bond donors (Lipinski definition) is 1. The van der Waals surface area contributed by atoms with Gasteiger partial charge in [-0.15, -0.1) is 0 Å². The van der Waals surface area contributed by atoms with E-state index in [2.05, 4.69) is 96.2 Å². The van der Waals surface area contributed by atoms with Crippen molar-refractivity contribution in [2.75, 3.05) is 0 Å². The van der Waals surface area contributed by atoms with Gasteiger partial charge in [-0.25, -0.2) is 0 Å². The molecule has 34 heavy (non-hydrogen) atoms. The van der Waals surface area contributed by atoms with Gasteiger partial charge in [0.15, 0.2) is 0 Å². The second-order valence-electron chi connectivity index (χ2n) is 12.1. The zero-order valence-electron chi connectivity index (χ0n) is 23.2. The van der Waals surface area contributed by atoms with Gasteiger partial charge in [0.25, 0.3) is 10.1 Å². The topological polar surface area (TPSA) is 54.4 Å². The van der Waals surface area contributed by atoms with Gasteiger partial charge >= 0.3 is 0 Å². The molecule has 0 heterocycles. The van der Waals surface area contributed by atoms with E-state index in [1.807, 2.05) is 39.8 Å². The van der Waals surface area contributed by atoms with E-state index >= 15 is 0 Å². The molecule has 192 valence electrons. The molecule has 0 unspecified atom stereocenters. The van der Waals surface area contributed by atoms with Crippen LogP contribution in [0.2, 0.25) is 0 Å². The Bertz CT molecular complexity index is 1050. The van der Waals surface area contributed by atoms with Crippen molar-refractivity contribution in [1.29, 1.82) is 0 Å². The van der Waals surface area contributed by atoms with Crippen molar-refractivity contribution in [3.63, 3.8) is 0 Å². The summed E-state index contributed by atoms with van der Waals surface area (Å²) in [4.78, 5) is 0.0990. The third-order valence-electron chi connectivity index (χ3n) is 5.91. The second kappa shape index (κ2) is 11.4. The molecule has 2 rings (SSSR count). The minimum Gasteiger partial charge on any atom is -0.282 e. The summed E-state index contributed by atoms with van der Waals surface area (Å²) in [6, 6.07) is 10.4. The summed E-state index contributed by atoms with van der Waals surface area (Å²) in [5.41, 5.74) is 5.94. The SMILES string of the molecule is CC(C)(C)c1cccc(I)c1C(C)(C)C.CC(C)c1cc(C(C)C)c(S(=O)(=O)O)c(C(C)C)c1. The van der Waals surface area contributed by atoms with E-state index in [4.69, 9.17) is 0 Å². The average Bonchev–Trinajstić information content (AvgIpc) is 2.64. The van der Waals surface area contributed by atoms with Crippen LogP contribution in [0, 0.1) is 3.57 Å². The van der Waals surface area contributed by atoms with Crippen molar-refractivity contribution in [2.45, 2.75) is 117 Å². The first-order valence-electron chi connectivity index (χ1n) is 12.1.